The van der Waals surface area contributed by atoms with Crippen LogP contribution in [0.2, 0.25) is 0 Å². The van der Waals surface area contributed by atoms with Crippen LogP contribution in [-0.2, 0) is 6.54 Å². The molecule has 0 atom stereocenters. The van der Waals surface area contributed by atoms with Gasteiger partial charge in [-0.1, -0.05) is 42.6 Å². The van der Waals surface area contributed by atoms with Crippen molar-refractivity contribution in [3.63, 3.8) is 0 Å². The molecule has 0 unspecified atom stereocenters. The smallest absolute Gasteiger partial charge is 0.290 e. The predicted molar refractivity (Wildman–Crippen MR) is 116 cm³/mol. The van der Waals surface area contributed by atoms with Crippen molar-refractivity contribution in [2.24, 2.45) is 5.92 Å². The number of likely N-dealkylation sites (tertiary alicyclic amines) is 1. The van der Waals surface area contributed by atoms with Crippen LogP contribution >= 0.6 is 0 Å². The number of carbonyl (C=O) groups is 1. The fraction of sp³-hybridized carbons (Fsp3) is 0.583. The molecule has 1 aromatic carbocycles. The molecule has 1 saturated heterocycles. The molecular formula is C24H33N3O3. The summed E-state index contributed by atoms with van der Waals surface area (Å²) >= 11 is 0. The average molecular weight is 412 g/mol. The Kier molecular flexibility index (Phi) is 7.05. The summed E-state index contributed by atoms with van der Waals surface area (Å²) in [5.74, 6) is 2.07. The number of methoxy groups -OCH3 is 1. The Hall–Kier alpha value is -2.34. The third-order valence-electron chi connectivity index (χ3n) is 6.63. The first-order valence-electron chi connectivity index (χ1n) is 11.3. The molecule has 1 aliphatic carbocycles. The van der Waals surface area contributed by atoms with E-state index in [1.807, 2.05) is 30.3 Å². The zero-order chi connectivity index (χ0) is 20.8. The van der Waals surface area contributed by atoms with Gasteiger partial charge in [0, 0.05) is 30.6 Å². The van der Waals surface area contributed by atoms with E-state index in [2.05, 4.69) is 15.4 Å². The van der Waals surface area contributed by atoms with Crippen LogP contribution in [0.15, 0.2) is 34.9 Å². The number of nitrogens with zero attached hydrogens (tertiary/aromatic N) is 2. The van der Waals surface area contributed by atoms with Crippen LogP contribution in [0.3, 0.4) is 0 Å². The van der Waals surface area contributed by atoms with E-state index in [1.165, 1.54) is 38.6 Å². The molecule has 2 aromatic rings. The van der Waals surface area contributed by atoms with Gasteiger partial charge in [-0.3, -0.25) is 4.79 Å². The molecular weight excluding hydrogens is 378 g/mol. The summed E-state index contributed by atoms with van der Waals surface area (Å²) in [6.07, 6.45) is 9.19. The molecule has 0 spiro atoms. The van der Waals surface area contributed by atoms with E-state index in [-0.39, 0.29) is 11.7 Å². The molecule has 1 aromatic heterocycles. The Bertz CT molecular complexity index is 821. The van der Waals surface area contributed by atoms with E-state index in [0.717, 1.165) is 48.9 Å². The first kappa shape index (κ1) is 20.9. The van der Waals surface area contributed by atoms with Crippen LogP contribution in [0.1, 0.15) is 72.7 Å². The van der Waals surface area contributed by atoms with Gasteiger partial charge in [-0.2, -0.15) is 0 Å². The van der Waals surface area contributed by atoms with Crippen molar-refractivity contribution in [3.8, 4) is 5.75 Å². The molecule has 2 fully saturated rings. The maximum absolute atomic E-state index is 12.5. The Morgan fingerprint density at radius 2 is 1.93 bits per heavy atom. The number of benzene rings is 1. The third-order valence-corrected chi connectivity index (χ3v) is 6.63. The zero-order valence-electron chi connectivity index (χ0n) is 17.9. The number of ether oxygens (including phenoxy) is 1. The van der Waals surface area contributed by atoms with E-state index in [9.17, 15) is 4.79 Å². The van der Waals surface area contributed by atoms with Gasteiger partial charge in [0.05, 0.1) is 12.8 Å². The summed E-state index contributed by atoms with van der Waals surface area (Å²) in [6, 6.07) is 9.48. The monoisotopic (exact) mass is 411 g/mol. The maximum Gasteiger partial charge on any atom is 0.290 e. The van der Waals surface area contributed by atoms with Gasteiger partial charge in [0.15, 0.2) is 0 Å². The molecule has 162 valence electrons. The van der Waals surface area contributed by atoms with Gasteiger partial charge >= 0.3 is 0 Å². The number of amides is 1. The topological polar surface area (TPSA) is 67.6 Å². The minimum atomic E-state index is -0.241. The lowest BCUT2D eigenvalue weighted by Crippen LogP contribution is -2.37. The molecule has 0 radical (unpaired) electrons. The Morgan fingerprint density at radius 1 is 1.17 bits per heavy atom. The van der Waals surface area contributed by atoms with Crippen molar-refractivity contribution >= 4 is 5.91 Å². The summed E-state index contributed by atoms with van der Waals surface area (Å²) in [5, 5.41) is 7.11. The summed E-state index contributed by atoms with van der Waals surface area (Å²) < 4.78 is 10.7. The lowest BCUT2D eigenvalue weighted by atomic mass is 9.87. The number of rotatable bonds is 7. The predicted octanol–water partition coefficient (Wildman–Crippen LogP) is 4.37. The van der Waals surface area contributed by atoms with Crippen molar-refractivity contribution in [2.75, 3.05) is 26.7 Å². The minimum Gasteiger partial charge on any atom is -0.496 e. The van der Waals surface area contributed by atoms with E-state index in [1.54, 1.807) is 7.11 Å². The van der Waals surface area contributed by atoms with Crippen molar-refractivity contribution in [1.82, 2.24) is 15.4 Å². The van der Waals surface area contributed by atoms with E-state index >= 15 is 0 Å². The van der Waals surface area contributed by atoms with Crippen molar-refractivity contribution in [2.45, 2.75) is 57.4 Å². The molecule has 6 heteroatoms. The van der Waals surface area contributed by atoms with Crippen molar-refractivity contribution in [1.29, 1.82) is 0 Å². The highest BCUT2D eigenvalue weighted by Gasteiger charge is 2.26. The number of carbonyl (C=O) groups excluding carboxylic acids is 1. The first-order valence-corrected chi connectivity index (χ1v) is 11.3. The SMILES string of the molecule is COc1ccccc1CNC(=O)c1cc(C2CCN(CC3CCCCC3)CC2)no1. The second-order valence-electron chi connectivity index (χ2n) is 8.69. The van der Waals surface area contributed by atoms with Crippen LogP contribution in [0, 0.1) is 5.92 Å². The number of para-hydroxylation sites is 1. The Balaban J connectivity index is 1.26. The van der Waals surface area contributed by atoms with E-state index in [0.29, 0.717) is 12.5 Å². The molecule has 30 heavy (non-hydrogen) atoms. The largest absolute Gasteiger partial charge is 0.496 e. The summed E-state index contributed by atoms with van der Waals surface area (Å²) in [5.41, 5.74) is 1.84. The normalized spacial score (nSPS) is 19.0. The molecule has 2 heterocycles. The number of nitrogens with one attached hydrogen (secondary N) is 1. The minimum absolute atomic E-state index is 0.241. The van der Waals surface area contributed by atoms with Gasteiger partial charge in [-0.25, -0.2) is 0 Å². The molecule has 1 aliphatic heterocycles. The highest BCUT2D eigenvalue weighted by Crippen LogP contribution is 2.30. The van der Waals surface area contributed by atoms with Crippen LogP contribution in [0.5, 0.6) is 5.75 Å². The lowest BCUT2D eigenvalue weighted by Gasteiger charge is -2.34. The number of aromatic nitrogens is 1. The Labute approximate surface area is 179 Å². The van der Waals surface area contributed by atoms with Gasteiger partial charge in [0.2, 0.25) is 5.76 Å². The summed E-state index contributed by atoms with van der Waals surface area (Å²) in [7, 11) is 1.63. The average Bonchev–Trinajstić information content (AvgIpc) is 3.29. The molecule has 1 saturated carbocycles. The van der Waals surface area contributed by atoms with Crippen LogP contribution in [0.25, 0.3) is 0 Å². The van der Waals surface area contributed by atoms with Gasteiger partial charge in [0.25, 0.3) is 5.91 Å². The van der Waals surface area contributed by atoms with Gasteiger partial charge < -0.3 is 19.5 Å². The van der Waals surface area contributed by atoms with Crippen LogP contribution < -0.4 is 10.1 Å². The number of piperidine rings is 1. The third kappa shape index (κ3) is 5.22. The van der Waals surface area contributed by atoms with E-state index < -0.39 is 0 Å². The van der Waals surface area contributed by atoms with Crippen molar-refractivity contribution in [3.05, 3.63) is 47.3 Å². The molecule has 0 bridgehead atoms. The standard InChI is InChI=1S/C24H33N3O3/c1-29-22-10-6-5-9-20(22)16-25-24(28)23-15-21(26-30-23)19-11-13-27(14-12-19)17-18-7-3-2-4-8-18/h5-6,9-10,15,18-19H,2-4,7-8,11-14,16-17H2,1H3,(H,25,28). The number of hydrogen-bond acceptors (Lipinski definition) is 5. The lowest BCUT2D eigenvalue weighted by molar-refractivity contribution is 0.0913. The first-order chi connectivity index (χ1) is 14.7. The summed E-state index contributed by atoms with van der Waals surface area (Å²) in [6.45, 7) is 3.87. The van der Waals surface area contributed by atoms with E-state index in [4.69, 9.17) is 9.26 Å². The fourth-order valence-corrected chi connectivity index (χ4v) is 4.85. The highest BCUT2D eigenvalue weighted by molar-refractivity contribution is 5.91. The molecule has 4 rings (SSSR count). The quantitative estimate of drug-likeness (QED) is 0.733. The zero-order valence-corrected chi connectivity index (χ0v) is 17.9. The second kappa shape index (κ2) is 10.1. The molecule has 1 N–H and O–H groups in total. The second-order valence-corrected chi connectivity index (χ2v) is 8.69. The van der Waals surface area contributed by atoms with Crippen molar-refractivity contribution < 1.29 is 14.1 Å². The molecule has 6 nitrogen and oxygen atoms in total. The van der Waals surface area contributed by atoms with Crippen LogP contribution in [-0.4, -0.2) is 42.7 Å². The molecule has 2 aliphatic rings. The fourth-order valence-electron chi connectivity index (χ4n) is 4.85. The van der Waals surface area contributed by atoms with Gasteiger partial charge in [-0.05, 0) is 50.8 Å². The Morgan fingerprint density at radius 3 is 2.70 bits per heavy atom. The van der Waals surface area contributed by atoms with Gasteiger partial charge in [-0.15, -0.1) is 0 Å². The highest BCUT2D eigenvalue weighted by atomic mass is 16.5. The van der Waals surface area contributed by atoms with Crippen LogP contribution in [0.4, 0.5) is 0 Å². The number of hydrogen-bond donors (Lipinski definition) is 1. The van der Waals surface area contributed by atoms with Gasteiger partial charge in [0.1, 0.15) is 5.75 Å². The maximum atomic E-state index is 12.5. The molecule has 1 amide bonds. The summed E-state index contributed by atoms with van der Waals surface area (Å²) in [4.78, 5) is 15.1.